The Hall–Kier alpha value is -2.58. The molecule has 0 bridgehead atoms. The highest BCUT2D eigenvalue weighted by atomic mass is 19.4. The van der Waals surface area contributed by atoms with Gasteiger partial charge in [0.1, 0.15) is 11.6 Å². The molecule has 2 heterocycles. The summed E-state index contributed by atoms with van der Waals surface area (Å²) in [5.74, 6) is 0.448. The number of rotatable bonds is 4. The summed E-state index contributed by atoms with van der Waals surface area (Å²) in [6.45, 7) is 0.831. The summed E-state index contributed by atoms with van der Waals surface area (Å²) < 4.78 is 54.3. The second-order valence-corrected chi connectivity index (χ2v) is 7.30. The van der Waals surface area contributed by atoms with Gasteiger partial charge in [-0.15, -0.1) is 0 Å². The lowest BCUT2D eigenvalue weighted by molar-refractivity contribution is -0.137. The molecule has 28 heavy (non-hydrogen) atoms. The van der Waals surface area contributed by atoms with Crippen molar-refractivity contribution in [3.8, 4) is 0 Å². The van der Waals surface area contributed by atoms with Gasteiger partial charge in [0.05, 0.1) is 23.5 Å². The molecule has 1 unspecified atom stereocenters. The van der Waals surface area contributed by atoms with Crippen LogP contribution in [0, 0.1) is 5.82 Å². The fraction of sp³-hybridized carbons (Fsp3) is 0.474. The van der Waals surface area contributed by atoms with E-state index in [4.69, 9.17) is 0 Å². The molecule has 150 valence electrons. The molecule has 1 N–H and O–H groups in total. The monoisotopic (exact) mass is 397 g/mol. The number of carboxylic acid groups (broad SMARTS) is 1. The van der Waals surface area contributed by atoms with E-state index < -0.39 is 29.7 Å². The van der Waals surface area contributed by atoms with Crippen LogP contribution >= 0.6 is 0 Å². The number of carbonyl (C=O) groups is 1. The first-order chi connectivity index (χ1) is 13.3. The molecule has 1 fully saturated rings. The van der Waals surface area contributed by atoms with E-state index in [1.165, 1.54) is 4.90 Å². The van der Waals surface area contributed by atoms with Gasteiger partial charge in [-0.1, -0.05) is 6.07 Å². The Morgan fingerprint density at radius 3 is 2.61 bits per heavy atom. The lowest BCUT2D eigenvalue weighted by Crippen LogP contribution is -2.41. The van der Waals surface area contributed by atoms with Crippen LogP contribution in [0.3, 0.4) is 0 Å². The molecule has 2 aromatic rings. The lowest BCUT2D eigenvalue weighted by atomic mass is 9.99. The third-order valence-electron chi connectivity index (χ3n) is 5.46. The van der Waals surface area contributed by atoms with Gasteiger partial charge in [0, 0.05) is 19.0 Å². The number of hydrogen-bond donors (Lipinski definition) is 1. The number of hydrogen-bond acceptors (Lipinski definition) is 2. The predicted molar refractivity (Wildman–Crippen MR) is 91.4 cm³/mol. The minimum Gasteiger partial charge on any atom is -0.465 e. The number of benzene rings is 1. The molecule has 1 aromatic carbocycles. The van der Waals surface area contributed by atoms with E-state index in [0.29, 0.717) is 25.1 Å². The van der Waals surface area contributed by atoms with Crippen molar-refractivity contribution in [2.45, 2.75) is 50.4 Å². The van der Waals surface area contributed by atoms with Crippen molar-refractivity contribution in [3.63, 3.8) is 0 Å². The zero-order valence-corrected chi connectivity index (χ0v) is 14.9. The molecule has 1 aromatic heterocycles. The molecule has 0 radical (unpaired) electrons. The molecule has 5 nitrogen and oxygen atoms in total. The number of aryl methyl sites for hydroxylation is 1. The zero-order valence-electron chi connectivity index (χ0n) is 14.9. The fourth-order valence-corrected chi connectivity index (χ4v) is 3.86. The normalized spacial score (nSPS) is 19.6. The highest BCUT2D eigenvalue weighted by molar-refractivity contribution is 5.66. The van der Waals surface area contributed by atoms with Crippen molar-refractivity contribution >= 4 is 6.09 Å². The van der Waals surface area contributed by atoms with Crippen molar-refractivity contribution in [2.75, 3.05) is 6.54 Å². The van der Waals surface area contributed by atoms with Gasteiger partial charge < -0.3 is 9.67 Å². The summed E-state index contributed by atoms with van der Waals surface area (Å²) in [7, 11) is 0. The largest absolute Gasteiger partial charge is 0.465 e. The van der Waals surface area contributed by atoms with Crippen LogP contribution in [0.1, 0.15) is 53.9 Å². The molecular weight excluding hydrogens is 378 g/mol. The van der Waals surface area contributed by atoms with Gasteiger partial charge in [-0.2, -0.15) is 13.2 Å². The Morgan fingerprint density at radius 1 is 1.25 bits per heavy atom. The molecule has 1 amide bonds. The smallest absolute Gasteiger partial charge is 0.416 e. The first kappa shape index (κ1) is 18.8. The number of halogens is 4. The first-order valence-electron chi connectivity index (χ1n) is 9.16. The molecule has 4 rings (SSSR count). The summed E-state index contributed by atoms with van der Waals surface area (Å²) >= 11 is 0. The van der Waals surface area contributed by atoms with Crippen LogP contribution in [-0.4, -0.2) is 32.2 Å². The lowest BCUT2D eigenvalue weighted by Gasteiger charge is -2.35. The van der Waals surface area contributed by atoms with Crippen molar-refractivity contribution in [2.24, 2.45) is 0 Å². The van der Waals surface area contributed by atoms with Crippen LogP contribution in [0.25, 0.3) is 0 Å². The van der Waals surface area contributed by atoms with Crippen LogP contribution in [0.15, 0.2) is 24.4 Å². The van der Waals surface area contributed by atoms with E-state index in [0.717, 1.165) is 36.5 Å². The molecule has 1 atom stereocenters. The minimum absolute atomic E-state index is 0.127. The Balaban J connectivity index is 1.57. The summed E-state index contributed by atoms with van der Waals surface area (Å²) in [5, 5.41) is 9.54. The van der Waals surface area contributed by atoms with E-state index in [1.807, 2.05) is 4.57 Å². The molecule has 1 aliphatic carbocycles. The topological polar surface area (TPSA) is 58.4 Å². The Kier molecular flexibility index (Phi) is 4.55. The van der Waals surface area contributed by atoms with Gasteiger partial charge in [-0.3, -0.25) is 4.90 Å². The van der Waals surface area contributed by atoms with Crippen molar-refractivity contribution < 1.29 is 27.5 Å². The maximum Gasteiger partial charge on any atom is 0.416 e. The highest BCUT2D eigenvalue weighted by Crippen LogP contribution is 2.42. The van der Waals surface area contributed by atoms with Crippen LogP contribution in [0.5, 0.6) is 0 Å². The molecular formula is C19H19F4N3O2. The average Bonchev–Trinajstić information content (AvgIpc) is 3.38. The van der Waals surface area contributed by atoms with E-state index >= 15 is 0 Å². The van der Waals surface area contributed by atoms with E-state index in [2.05, 4.69) is 4.98 Å². The summed E-state index contributed by atoms with van der Waals surface area (Å²) in [5.41, 5.74) is -0.133. The third kappa shape index (κ3) is 3.45. The first-order valence-corrected chi connectivity index (χ1v) is 9.16. The molecule has 2 aliphatic rings. The van der Waals surface area contributed by atoms with Crippen LogP contribution in [-0.2, 0) is 19.1 Å². The van der Waals surface area contributed by atoms with Crippen LogP contribution in [0.4, 0.5) is 22.4 Å². The Labute approximate surface area is 158 Å². The van der Waals surface area contributed by atoms with Gasteiger partial charge in [0.2, 0.25) is 0 Å². The van der Waals surface area contributed by atoms with E-state index in [1.54, 1.807) is 6.20 Å². The third-order valence-corrected chi connectivity index (χ3v) is 5.46. The summed E-state index contributed by atoms with van der Waals surface area (Å²) in [6, 6.07) is 1.96. The fourth-order valence-electron chi connectivity index (χ4n) is 3.86. The molecule has 1 aliphatic heterocycles. The predicted octanol–water partition coefficient (Wildman–Crippen LogP) is 4.59. The number of alkyl halides is 3. The second kappa shape index (κ2) is 6.79. The van der Waals surface area contributed by atoms with Crippen molar-refractivity contribution in [1.82, 2.24) is 14.5 Å². The zero-order chi connectivity index (χ0) is 20.1. The van der Waals surface area contributed by atoms with Gasteiger partial charge >= 0.3 is 12.3 Å². The quantitative estimate of drug-likeness (QED) is 0.768. The van der Waals surface area contributed by atoms with Crippen molar-refractivity contribution in [3.05, 3.63) is 52.9 Å². The van der Waals surface area contributed by atoms with Gasteiger partial charge in [-0.05, 0) is 43.4 Å². The minimum atomic E-state index is -4.60. The number of amides is 1. The second-order valence-electron chi connectivity index (χ2n) is 7.30. The highest BCUT2D eigenvalue weighted by Gasteiger charge is 2.36. The molecule has 0 saturated heterocycles. The Morgan fingerprint density at radius 2 is 2.00 bits per heavy atom. The number of aromatic nitrogens is 2. The number of nitrogens with zero attached hydrogens (tertiary/aromatic N) is 3. The van der Waals surface area contributed by atoms with Crippen LogP contribution < -0.4 is 0 Å². The van der Waals surface area contributed by atoms with Crippen LogP contribution in [0.2, 0.25) is 0 Å². The standard InChI is InChI=1S/C19H19F4N3O2/c20-14-9-13(19(21,22)23)5-3-11(14)4-6-15-16-10-24-17(12-1-2-12)25(16)7-8-26(15)18(27)28/h3,5,9-10,12,15H,1-2,4,6-8H2,(H,27,28). The van der Waals surface area contributed by atoms with E-state index in [9.17, 15) is 27.5 Å². The van der Waals surface area contributed by atoms with Gasteiger partial charge in [0.25, 0.3) is 0 Å². The van der Waals surface area contributed by atoms with Gasteiger partial charge in [-0.25, -0.2) is 14.2 Å². The molecule has 1 saturated carbocycles. The maximum absolute atomic E-state index is 14.2. The molecule has 9 heteroatoms. The van der Waals surface area contributed by atoms with Crippen molar-refractivity contribution in [1.29, 1.82) is 0 Å². The number of imidazole rings is 1. The number of fused-ring (bicyclic) bond motifs is 1. The summed E-state index contributed by atoms with van der Waals surface area (Å²) in [6.07, 6.45) is -1.46. The maximum atomic E-state index is 14.2. The van der Waals surface area contributed by atoms with Gasteiger partial charge in [0.15, 0.2) is 0 Å². The summed E-state index contributed by atoms with van der Waals surface area (Å²) in [4.78, 5) is 17.4. The van der Waals surface area contributed by atoms with E-state index in [-0.39, 0.29) is 18.4 Å². The average molecular weight is 397 g/mol. The Bertz CT molecular complexity index is 905. The SMILES string of the molecule is O=C(O)N1CCn2c(cnc2C2CC2)C1CCc1ccc(C(F)(F)F)cc1F. The molecule has 0 spiro atoms.